The molecule has 2 rings (SSSR count). The smallest absolute Gasteiger partial charge is 0.115 e. The lowest BCUT2D eigenvalue weighted by molar-refractivity contribution is 0.181. The van der Waals surface area contributed by atoms with Gasteiger partial charge in [-0.2, -0.15) is 0 Å². The number of piperidine rings is 1. The highest BCUT2D eigenvalue weighted by Crippen LogP contribution is 2.18. The van der Waals surface area contributed by atoms with Crippen LogP contribution in [0.3, 0.4) is 0 Å². The Balaban J connectivity index is 1.77. The van der Waals surface area contributed by atoms with E-state index in [-0.39, 0.29) is 0 Å². The van der Waals surface area contributed by atoms with E-state index in [0.29, 0.717) is 5.75 Å². The first-order valence-electron chi connectivity index (χ1n) is 6.54. The highest BCUT2D eigenvalue weighted by Gasteiger charge is 2.20. The van der Waals surface area contributed by atoms with Crippen LogP contribution in [0.2, 0.25) is 0 Å². The quantitative estimate of drug-likeness (QED) is 0.661. The second-order valence-electron chi connectivity index (χ2n) is 5.04. The van der Waals surface area contributed by atoms with Crippen molar-refractivity contribution in [2.24, 2.45) is 0 Å². The van der Waals surface area contributed by atoms with Gasteiger partial charge in [0, 0.05) is 48.5 Å². The van der Waals surface area contributed by atoms with Crippen molar-refractivity contribution < 1.29 is 5.11 Å². The van der Waals surface area contributed by atoms with Gasteiger partial charge in [-0.05, 0) is 44.0 Å². The average Bonchev–Trinajstić information content (AvgIpc) is 2.38. The van der Waals surface area contributed by atoms with E-state index in [4.69, 9.17) is 0 Å². The Labute approximate surface area is 123 Å². The number of hydrogen-bond acceptors (Lipinski definition) is 3. The molecule has 1 aromatic carbocycles. The van der Waals surface area contributed by atoms with Gasteiger partial charge in [0.25, 0.3) is 0 Å². The van der Waals surface area contributed by atoms with E-state index < -0.39 is 0 Å². The fourth-order valence-electron chi connectivity index (χ4n) is 2.43. The summed E-state index contributed by atoms with van der Waals surface area (Å²) in [5.74, 6) is 0.349. The van der Waals surface area contributed by atoms with Crippen molar-refractivity contribution in [2.75, 3.05) is 26.7 Å². The molecule has 1 heterocycles. The minimum atomic E-state index is 0.349. The third kappa shape index (κ3) is 4.10. The van der Waals surface area contributed by atoms with Crippen molar-refractivity contribution >= 4 is 22.9 Å². The molecule has 0 amide bonds. The van der Waals surface area contributed by atoms with E-state index in [9.17, 15) is 5.11 Å². The van der Waals surface area contributed by atoms with Gasteiger partial charge in [0.1, 0.15) is 5.75 Å². The van der Waals surface area contributed by atoms with Crippen molar-refractivity contribution in [3.63, 3.8) is 0 Å². The molecule has 1 aliphatic heterocycles. The fourth-order valence-corrected chi connectivity index (χ4v) is 2.98. The van der Waals surface area contributed by atoms with Crippen molar-refractivity contribution in [2.45, 2.75) is 25.3 Å². The van der Waals surface area contributed by atoms with E-state index in [1.54, 1.807) is 12.1 Å². The zero-order valence-electron chi connectivity index (χ0n) is 10.8. The molecule has 1 saturated heterocycles. The summed E-state index contributed by atoms with van der Waals surface area (Å²) < 4.78 is 2.38. The molecule has 3 nitrogen and oxygen atoms in total. The monoisotopic (exact) mass is 360 g/mol. The summed E-state index contributed by atoms with van der Waals surface area (Å²) in [5.41, 5.74) is 1.30. The Morgan fingerprint density at radius 2 is 1.89 bits per heavy atom. The van der Waals surface area contributed by atoms with E-state index in [1.165, 1.54) is 31.5 Å². The van der Waals surface area contributed by atoms with Gasteiger partial charge in [-0.15, -0.1) is 0 Å². The number of aromatic hydroxyl groups is 1. The summed E-state index contributed by atoms with van der Waals surface area (Å²) in [4.78, 5) is 2.48. The largest absolute Gasteiger partial charge is 0.508 e. The second kappa shape index (κ2) is 6.73. The van der Waals surface area contributed by atoms with Gasteiger partial charge in [0.15, 0.2) is 0 Å². The van der Waals surface area contributed by atoms with E-state index in [0.717, 1.165) is 19.0 Å². The first-order valence-corrected chi connectivity index (χ1v) is 7.50. The number of hydrogen-bond donors (Lipinski definition) is 1. The average molecular weight is 360 g/mol. The Kier molecular flexibility index (Phi) is 5.26. The van der Waals surface area contributed by atoms with Crippen LogP contribution in [0.4, 0.5) is 0 Å². The number of rotatable bonds is 4. The summed E-state index contributed by atoms with van der Waals surface area (Å²) in [7, 11) is 2.23. The Hall–Kier alpha value is -0.330. The molecule has 0 saturated carbocycles. The van der Waals surface area contributed by atoms with Gasteiger partial charge in [0.05, 0.1) is 0 Å². The third-order valence-electron chi connectivity index (χ3n) is 3.72. The van der Waals surface area contributed by atoms with Crippen molar-refractivity contribution in [3.8, 4) is 5.75 Å². The summed E-state index contributed by atoms with van der Waals surface area (Å²) in [6.07, 6.45) is 3.60. The van der Waals surface area contributed by atoms with Crippen LogP contribution in [-0.2, 0) is 6.42 Å². The molecule has 18 heavy (non-hydrogen) atoms. The van der Waals surface area contributed by atoms with Gasteiger partial charge >= 0.3 is 0 Å². The van der Waals surface area contributed by atoms with Crippen LogP contribution in [0.1, 0.15) is 18.4 Å². The lowest BCUT2D eigenvalue weighted by Gasteiger charge is -2.34. The number of benzene rings is 1. The van der Waals surface area contributed by atoms with Crippen LogP contribution in [0, 0.1) is 0 Å². The van der Waals surface area contributed by atoms with E-state index in [1.807, 2.05) is 12.1 Å². The van der Waals surface area contributed by atoms with Crippen LogP contribution < -0.4 is 0 Å². The molecule has 0 aromatic heterocycles. The number of phenols is 1. The predicted molar refractivity (Wildman–Crippen MR) is 83.1 cm³/mol. The Morgan fingerprint density at radius 3 is 2.50 bits per heavy atom. The lowest BCUT2D eigenvalue weighted by atomic mass is 10.0. The number of likely N-dealkylation sites (N-methyl/N-ethyl adjacent to an activating group) is 1. The molecule has 0 radical (unpaired) electrons. The molecule has 1 N–H and O–H groups in total. The van der Waals surface area contributed by atoms with Crippen LogP contribution >= 0.6 is 22.9 Å². The maximum atomic E-state index is 9.25. The van der Waals surface area contributed by atoms with E-state index >= 15 is 0 Å². The molecular weight excluding hydrogens is 339 g/mol. The Morgan fingerprint density at radius 1 is 1.28 bits per heavy atom. The highest BCUT2D eigenvalue weighted by molar-refractivity contribution is 14.1. The lowest BCUT2D eigenvalue weighted by Crippen LogP contribution is -2.40. The molecule has 0 spiro atoms. The normalized spacial score (nSPS) is 18.4. The van der Waals surface area contributed by atoms with Crippen molar-refractivity contribution in [3.05, 3.63) is 29.8 Å². The molecule has 1 aliphatic rings. The van der Waals surface area contributed by atoms with Crippen molar-refractivity contribution in [1.82, 2.24) is 8.01 Å². The minimum absolute atomic E-state index is 0.349. The standard InChI is InChI=1S/C14H21IN2O/c1-16(13-7-10-17(15)11-8-13)9-6-12-2-4-14(18)5-3-12/h2-5,13,18H,6-11H2,1H3. The number of halogens is 1. The maximum absolute atomic E-state index is 9.25. The Bertz CT molecular complexity index is 361. The maximum Gasteiger partial charge on any atom is 0.115 e. The fraction of sp³-hybridized carbons (Fsp3) is 0.571. The summed E-state index contributed by atoms with van der Waals surface area (Å²) >= 11 is 2.42. The molecule has 0 bridgehead atoms. The summed E-state index contributed by atoms with van der Waals surface area (Å²) in [6, 6.07) is 8.29. The zero-order valence-corrected chi connectivity index (χ0v) is 13.0. The SMILES string of the molecule is CN(CCc1ccc(O)cc1)C1CCN(I)CC1. The van der Waals surface area contributed by atoms with Gasteiger partial charge in [-0.3, -0.25) is 0 Å². The van der Waals surface area contributed by atoms with Gasteiger partial charge in [-0.25, -0.2) is 3.11 Å². The van der Waals surface area contributed by atoms with Crippen LogP contribution in [0.15, 0.2) is 24.3 Å². The van der Waals surface area contributed by atoms with Gasteiger partial charge in [0.2, 0.25) is 0 Å². The van der Waals surface area contributed by atoms with Gasteiger partial charge in [-0.1, -0.05) is 12.1 Å². The molecule has 0 unspecified atom stereocenters. The number of phenolic OH excluding ortho intramolecular Hbond substituents is 1. The summed E-state index contributed by atoms with van der Waals surface area (Å²) in [6.45, 7) is 3.50. The topological polar surface area (TPSA) is 26.7 Å². The molecule has 4 heteroatoms. The summed E-state index contributed by atoms with van der Waals surface area (Å²) in [5, 5.41) is 9.25. The first kappa shape index (κ1) is 14.1. The van der Waals surface area contributed by atoms with Crippen LogP contribution in [0.25, 0.3) is 0 Å². The molecular formula is C14H21IN2O. The number of nitrogens with zero attached hydrogens (tertiary/aromatic N) is 2. The third-order valence-corrected chi connectivity index (χ3v) is 4.69. The molecule has 0 atom stereocenters. The van der Waals surface area contributed by atoms with Crippen molar-refractivity contribution in [1.29, 1.82) is 0 Å². The molecule has 1 fully saturated rings. The van der Waals surface area contributed by atoms with Gasteiger partial charge < -0.3 is 10.0 Å². The van der Waals surface area contributed by atoms with E-state index in [2.05, 4.69) is 37.9 Å². The van der Waals surface area contributed by atoms with Crippen LogP contribution in [-0.4, -0.2) is 45.8 Å². The zero-order chi connectivity index (χ0) is 13.0. The molecule has 100 valence electrons. The molecule has 1 aromatic rings. The second-order valence-corrected chi connectivity index (χ2v) is 6.40. The minimum Gasteiger partial charge on any atom is -0.508 e. The highest BCUT2D eigenvalue weighted by atomic mass is 127. The van der Waals surface area contributed by atoms with Crippen LogP contribution in [0.5, 0.6) is 5.75 Å². The first-order chi connectivity index (χ1) is 8.65. The predicted octanol–water partition coefficient (Wildman–Crippen LogP) is 2.68. The molecule has 0 aliphatic carbocycles.